The van der Waals surface area contributed by atoms with Crippen molar-refractivity contribution in [2.24, 2.45) is 0 Å². The molecule has 0 saturated heterocycles. The summed E-state index contributed by atoms with van der Waals surface area (Å²) >= 11 is 0. The van der Waals surface area contributed by atoms with E-state index >= 15 is 0 Å². The Morgan fingerprint density at radius 2 is 1.58 bits per heavy atom. The number of rotatable bonds is 8. The Hall–Kier alpha value is -3.72. The number of ether oxygens (including phenoxy) is 3. The molecule has 0 spiro atoms. The SMILES string of the molecule is COc1ccc(CCC(=O)Nc2ccc(NS(=O)(=O)c3ccc4c(c3)OCCO4)cc2)cc1. The van der Waals surface area contributed by atoms with Crippen molar-refractivity contribution >= 4 is 27.3 Å². The highest BCUT2D eigenvalue weighted by molar-refractivity contribution is 7.92. The Labute approximate surface area is 192 Å². The molecule has 0 unspecified atom stereocenters. The summed E-state index contributed by atoms with van der Waals surface area (Å²) in [7, 11) is -2.20. The van der Waals surface area contributed by atoms with Gasteiger partial charge < -0.3 is 19.5 Å². The fourth-order valence-electron chi connectivity index (χ4n) is 3.30. The van der Waals surface area contributed by atoms with Crippen molar-refractivity contribution in [3.05, 3.63) is 72.3 Å². The molecule has 1 aliphatic rings. The van der Waals surface area contributed by atoms with Crippen LogP contribution in [0.1, 0.15) is 12.0 Å². The van der Waals surface area contributed by atoms with Crippen LogP contribution in [0.2, 0.25) is 0 Å². The van der Waals surface area contributed by atoms with E-state index in [2.05, 4.69) is 10.0 Å². The number of benzene rings is 3. The molecule has 0 fully saturated rings. The number of anilines is 2. The van der Waals surface area contributed by atoms with Crippen LogP contribution in [0.25, 0.3) is 0 Å². The molecule has 9 heteroatoms. The maximum absolute atomic E-state index is 12.7. The van der Waals surface area contributed by atoms with E-state index in [1.165, 1.54) is 12.1 Å². The first-order valence-corrected chi connectivity index (χ1v) is 11.9. The number of carbonyl (C=O) groups is 1. The number of nitrogens with one attached hydrogen (secondary N) is 2. The van der Waals surface area contributed by atoms with Gasteiger partial charge in [-0.05, 0) is 60.5 Å². The zero-order valence-corrected chi connectivity index (χ0v) is 18.9. The molecule has 1 heterocycles. The first-order valence-electron chi connectivity index (χ1n) is 10.4. The second kappa shape index (κ2) is 9.83. The Morgan fingerprint density at radius 1 is 0.909 bits per heavy atom. The molecule has 0 bridgehead atoms. The number of hydrogen-bond donors (Lipinski definition) is 2. The molecule has 4 rings (SSSR count). The molecule has 0 radical (unpaired) electrons. The predicted octanol–water partition coefficient (Wildman–Crippen LogP) is 3.84. The molecule has 33 heavy (non-hydrogen) atoms. The predicted molar refractivity (Wildman–Crippen MR) is 125 cm³/mol. The number of sulfonamides is 1. The van der Waals surface area contributed by atoms with Crippen LogP contribution in [0.4, 0.5) is 11.4 Å². The fraction of sp³-hybridized carbons (Fsp3) is 0.208. The summed E-state index contributed by atoms with van der Waals surface area (Å²) < 4.78 is 44.0. The molecule has 1 amide bonds. The number of aryl methyl sites for hydroxylation is 1. The minimum absolute atomic E-state index is 0.0719. The van der Waals surface area contributed by atoms with Gasteiger partial charge in [0.25, 0.3) is 10.0 Å². The van der Waals surface area contributed by atoms with Crippen molar-refractivity contribution in [3.63, 3.8) is 0 Å². The van der Waals surface area contributed by atoms with Gasteiger partial charge in [0.15, 0.2) is 11.5 Å². The standard InChI is InChI=1S/C24H24N2O6S/c1-30-20-9-2-17(3-10-20)4-13-24(27)25-18-5-7-19(8-6-18)26-33(28,29)21-11-12-22-23(16-21)32-15-14-31-22/h2-3,5-12,16,26H,4,13-15H2,1H3,(H,25,27). The first kappa shape index (κ1) is 22.5. The van der Waals surface area contributed by atoms with E-state index in [1.54, 1.807) is 37.4 Å². The molecular weight excluding hydrogens is 444 g/mol. The van der Waals surface area contributed by atoms with E-state index in [9.17, 15) is 13.2 Å². The topological polar surface area (TPSA) is 103 Å². The second-order valence-electron chi connectivity index (χ2n) is 7.38. The number of fused-ring (bicyclic) bond motifs is 1. The highest BCUT2D eigenvalue weighted by Gasteiger charge is 2.19. The molecule has 3 aromatic carbocycles. The van der Waals surface area contributed by atoms with Crippen LogP contribution in [-0.2, 0) is 21.2 Å². The van der Waals surface area contributed by atoms with Gasteiger partial charge in [-0.3, -0.25) is 9.52 Å². The average Bonchev–Trinajstić information content (AvgIpc) is 2.84. The molecule has 1 aliphatic heterocycles. The largest absolute Gasteiger partial charge is 0.497 e. The maximum Gasteiger partial charge on any atom is 0.262 e. The van der Waals surface area contributed by atoms with E-state index in [1.807, 2.05) is 24.3 Å². The highest BCUT2D eigenvalue weighted by Crippen LogP contribution is 2.32. The van der Waals surface area contributed by atoms with Gasteiger partial charge in [0.1, 0.15) is 19.0 Å². The Bertz CT molecular complexity index is 1220. The smallest absolute Gasteiger partial charge is 0.262 e. The minimum atomic E-state index is -3.81. The lowest BCUT2D eigenvalue weighted by Crippen LogP contribution is -2.17. The Kier molecular flexibility index (Phi) is 6.69. The molecular formula is C24H24N2O6S. The normalized spacial score (nSPS) is 12.6. The van der Waals surface area contributed by atoms with E-state index in [0.717, 1.165) is 11.3 Å². The zero-order valence-electron chi connectivity index (χ0n) is 18.0. The first-order chi connectivity index (χ1) is 15.9. The second-order valence-corrected chi connectivity index (χ2v) is 9.07. The van der Waals surface area contributed by atoms with Crippen LogP contribution >= 0.6 is 0 Å². The fourth-order valence-corrected chi connectivity index (χ4v) is 4.37. The van der Waals surface area contributed by atoms with Crippen molar-refractivity contribution in [2.75, 3.05) is 30.4 Å². The molecule has 0 aromatic heterocycles. The summed E-state index contributed by atoms with van der Waals surface area (Å²) in [6.07, 6.45) is 0.925. The summed E-state index contributed by atoms with van der Waals surface area (Å²) in [6, 6.07) is 18.5. The maximum atomic E-state index is 12.7. The van der Waals surface area contributed by atoms with Gasteiger partial charge in [-0.15, -0.1) is 0 Å². The van der Waals surface area contributed by atoms with Gasteiger partial charge >= 0.3 is 0 Å². The molecule has 172 valence electrons. The minimum Gasteiger partial charge on any atom is -0.497 e. The van der Waals surface area contributed by atoms with E-state index in [-0.39, 0.29) is 10.8 Å². The van der Waals surface area contributed by atoms with Gasteiger partial charge in [-0.1, -0.05) is 12.1 Å². The summed E-state index contributed by atoms with van der Waals surface area (Å²) in [5.41, 5.74) is 1.99. The Balaban J connectivity index is 1.33. The molecule has 2 N–H and O–H groups in total. The number of carbonyl (C=O) groups excluding carboxylic acids is 1. The van der Waals surface area contributed by atoms with Crippen molar-refractivity contribution < 1.29 is 27.4 Å². The molecule has 0 atom stereocenters. The summed E-state index contributed by atoms with van der Waals surface area (Å²) in [4.78, 5) is 12.3. The van der Waals surface area contributed by atoms with Crippen LogP contribution in [0.15, 0.2) is 71.6 Å². The number of hydrogen-bond acceptors (Lipinski definition) is 6. The van der Waals surface area contributed by atoms with Gasteiger partial charge in [-0.25, -0.2) is 8.42 Å². The molecule has 0 saturated carbocycles. The average molecular weight is 469 g/mol. The summed E-state index contributed by atoms with van der Waals surface area (Å²) in [5, 5.41) is 2.82. The van der Waals surface area contributed by atoms with Crippen molar-refractivity contribution in [1.29, 1.82) is 0 Å². The third-order valence-corrected chi connectivity index (χ3v) is 6.42. The lowest BCUT2D eigenvalue weighted by molar-refractivity contribution is -0.116. The summed E-state index contributed by atoms with van der Waals surface area (Å²) in [5.74, 6) is 1.56. The third kappa shape index (κ3) is 5.75. The van der Waals surface area contributed by atoms with Gasteiger partial charge in [0.2, 0.25) is 5.91 Å². The lowest BCUT2D eigenvalue weighted by Gasteiger charge is -2.19. The van der Waals surface area contributed by atoms with Gasteiger partial charge in [-0.2, -0.15) is 0 Å². The van der Waals surface area contributed by atoms with Crippen LogP contribution in [-0.4, -0.2) is 34.6 Å². The molecule has 8 nitrogen and oxygen atoms in total. The quantitative estimate of drug-likeness (QED) is 0.521. The monoisotopic (exact) mass is 468 g/mol. The van der Waals surface area contributed by atoms with Gasteiger partial charge in [0, 0.05) is 23.9 Å². The van der Waals surface area contributed by atoms with Crippen molar-refractivity contribution in [3.8, 4) is 17.2 Å². The highest BCUT2D eigenvalue weighted by atomic mass is 32.2. The van der Waals surface area contributed by atoms with Crippen molar-refractivity contribution in [2.45, 2.75) is 17.7 Å². The zero-order chi connectivity index (χ0) is 23.3. The number of amides is 1. The van der Waals surface area contributed by atoms with Crippen LogP contribution in [0.5, 0.6) is 17.2 Å². The van der Waals surface area contributed by atoms with E-state index < -0.39 is 10.0 Å². The molecule has 0 aliphatic carbocycles. The molecule has 3 aromatic rings. The van der Waals surface area contributed by atoms with Gasteiger partial charge in [0.05, 0.1) is 12.0 Å². The van der Waals surface area contributed by atoms with Crippen LogP contribution in [0, 0.1) is 0 Å². The number of methoxy groups -OCH3 is 1. The Morgan fingerprint density at radius 3 is 2.27 bits per heavy atom. The van der Waals surface area contributed by atoms with E-state index in [0.29, 0.717) is 48.9 Å². The summed E-state index contributed by atoms with van der Waals surface area (Å²) in [6.45, 7) is 0.804. The van der Waals surface area contributed by atoms with Crippen molar-refractivity contribution in [1.82, 2.24) is 0 Å². The third-order valence-electron chi connectivity index (χ3n) is 5.04. The lowest BCUT2D eigenvalue weighted by atomic mass is 10.1. The van der Waals surface area contributed by atoms with Crippen LogP contribution in [0.3, 0.4) is 0 Å². The van der Waals surface area contributed by atoms with E-state index in [4.69, 9.17) is 14.2 Å². The van der Waals surface area contributed by atoms with Crippen LogP contribution < -0.4 is 24.2 Å².